The summed E-state index contributed by atoms with van der Waals surface area (Å²) in [5.41, 5.74) is 7.32. The summed E-state index contributed by atoms with van der Waals surface area (Å²) in [6, 6.07) is 12.3. The van der Waals surface area contributed by atoms with E-state index < -0.39 is 27.9 Å². The lowest BCUT2D eigenvalue weighted by atomic mass is 10.1. The Labute approximate surface area is 168 Å². The first-order valence-corrected chi connectivity index (χ1v) is 10.7. The topological polar surface area (TPSA) is 110 Å². The Morgan fingerprint density at radius 3 is 2.31 bits per heavy atom. The number of sulfonamides is 1. The van der Waals surface area contributed by atoms with Crippen LogP contribution in [-0.4, -0.2) is 56.9 Å². The Hall–Kier alpha value is -2.75. The third kappa shape index (κ3) is 3.52. The summed E-state index contributed by atoms with van der Waals surface area (Å²) >= 11 is 0. The fourth-order valence-corrected chi connectivity index (χ4v) is 5.12. The lowest BCUT2D eigenvalue weighted by molar-refractivity contribution is -0.119. The highest BCUT2D eigenvalue weighted by Gasteiger charge is 2.37. The van der Waals surface area contributed by atoms with E-state index in [1.807, 2.05) is 12.1 Å². The quantitative estimate of drug-likeness (QED) is 0.793. The van der Waals surface area contributed by atoms with Crippen molar-refractivity contribution in [3.05, 3.63) is 59.7 Å². The van der Waals surface area contributed by atoms with E-state index in [1.165, 1.54) is 33.5 Å². The largest absolute Gasteiger partial charge is 0.379 e. The molecular formula is C20H21N3O5S. The van der Waals surface area contributed by atoms with Gasteiger partial charge in [-0.2, -0.15) is 4.31 Å². The normalized spacial score (nSPS) is 19.7. The first-order chi connectivity index (χ1) is 13.9. The second-order valence-corrected chi connectivity index (χ2v) is 8.90. The minimum Gasteiger partial charge on any atom is -0.379 e. The van der Waals surface area contributed by atoms with E-state index in [9.17, 15) is 18.0 Å². The molecule has 0 unspecified atom stereocenters. The maximum absolute atomic E-state index is 13.1. The molecule has 0 aromatic heterocycles. The van der Waals surface area contributed by atoms with Crippen molar-refractivity contribution in [2.24, 2.45) is 5.73 Å². The maximum Gasteiger partial charge on any atom is 0.259 e. The summed E-state index contributed by atoms with van der Waals surface area (Å²) in [6.07, 6.45) is 0.362. The van der Waals surface area contributed by atoms with Crippen molar-refractivity contribution in [2.45, 2.75) is 17.4 Å². The van der Waals surface area contributed by atoms with Crippen LogP contribution in [0.4, 0.5) is 5.69 Å². The zero-order valence-electron chi connectivity index (χ0n) is 15.7. The average molecular weight is 415 g/mol. The van der Waals surface area contributed by atoms with Crippen molar-refractivity contribution in [1.82, 2.24) is 4.31 Å². The molecule has 9 heteroatoms. The van der Waals surface area contributed by atoms with E-state index in [0.29, 0.717) is 38.4 Å². The van der Waals surface area contributed by atoms with Crippen LogP contribution in [0.5, 0.6) is 0 Å². The van der Waals surface area contributed by atoms with Crippen molar-refractivity contribution in [3.8, 4) is 0 Å². The number of primary amides is 1. The Morgan fingerprint density at radius 2 is 1.66 bits per heavy atom. The zero-order valence-corrected chi connectivity index (χ0v) is 16.5. The van der Waals surface area contributed by atoms with Gasteiger partial charge in [-0.15, -0.1) is 0 Å². The van der Waals surface area contributed by atoms with Crippen LogP contribution >= 0.6 is 0 Å². The number of amides is 2. The van der Waals surface area contributed by atoms with Gasteiger partial charge in [0, 0.05) is 30.8 Å². The van der Waals surface area contributed by atoms with Gasteiger partial charge >= 0.3 is 0 Å². The molecule has 4 rings (SSSR count). The van der Waals surface area contributed by atoms with Gasteiger partial charge in [-0.25, -0.2) is 8.42 Å². The van der Waals surface area contributed by atoms with Gasteiger partial charge < -0.3 is 10.5 Å². The van der Waals surface area contributed by atoms with Gasteiger partial charge in [0.2, 0.25) is 15.9 Å². The Morgan fingerprint density at radius 1 is 1.00 bits per heavy atom. The van der Waals surface area contributed by atoms with Gasteiger partial charge in [-0.1, -0.05) is 18.2 Å². The van der Waals surface area contributed by atoms with Crippen LogP contribution in [-0.2, 0) is 26.0 Å². The molecule has 152 valence electrons. The summed E-state index contributed by atoms with van der Waals surface area (Å²) in [4.78, 5) is 26.5. The molecule has 2 amide bonds. The molecular weight excluding hydrogens is 394 g/mol. The van der Waals surface area contributed by atoms with E-state index in [2.05, 4.69) is 0 Å². The van der Waals surface area contributed by atoms with Crippen molar-refractivity contribution in [3.63, 3.8) is 0 Å². The van der Waals surface area contributed by atoms with Crippen LogP contribution in [0.3, 0.4) is 0 Å². The smallest absolute Gasteiger partial charge is 0.259 e. The van der Waals surface area contributed by atoms with Gasteiger partial charge in [-0.05, 0) is 35.9 Å². The van der Waals surface area contributed by atoms with Crippen LogP contribution in [0.15, 0.2) is 53.4 Å². The third-order valence-electron chi connectivity index (χ3n) is 5.23. The van der Waals surface area contributed by atoms with E-state index in [1.54, 1.807) is 12.1 Å². The minimum absolute atomic E-state index is 0.115. The molecule has 1 atom stereocenters. The summed E-state index contributed by atoms with van der Waals surface area (Å²) in [7, 11) is -3.64. The van der Waals surface area contributed by atoms with Crippen LogP contribution < -0.4 is 10.6 Å². The monoisotopic (exact) mass is 415 g/mol. The summed E-state index contributed by atoms with van der Waals surface area (Å²) < 4.78 is 32.1. The van der Waals surface area contributed by atoms with Crippen LogP contribution in [0.1, 0.15) is 15.9 Å². The number of carbonyl (C=O) groups is 2. The summed E-state index contributed by atoms with van der Waals surface area (Å²) in [6.45, 7) is 1.32. The van der Waals surface area contributed by atoms with Gasteiger partial charge in [0.05, 0.1) is 18.1 Å². The molecule has 2 N–H and O–H groups in total. The second-order valence-electron chi connectivity index (χ2n) is 6.97. The van der Waals surface area contributed by atoms with E-state index in [4.69, 9.17) is 10.5 Å². The number of hydrogen-bond donors (Lipinski definition) is 1. The fraction of sp³-hybridized carbons (Fsp3) is 0.300. The van der Waals surface area contributed by atoms with E-state index in [0.717, 1.165) is 5.56 Å². The lowest BCUT2D eigenvalue weighted by Crippen LogP contribution is -2.46. The van der Waals surface area contributed by atoms with Crippen molar-refractivity contribution < 1.29 is 22.7 Å². The molecule has 29 heavy (non-hydrogen) atoms. The highest BCUT2D eigenvalue weighted by Crippen LogP contribution is 2.33. The molecule has 0 spiro atoms. The molecule has 2 aliphatic heterocycles. The van der Waals surface area contributed by atoms with Crippen molar-refractivity contribution in [2.75, 3.05) is 31.2 Å². The predicted octanol–water partition coefficient (Wildman–Crippen LogP) is 0.764. The highest BCUT2D eigenvalue weighted by molar-refractivity contribution is 7.89. The molecule has 0 aliphatic carbocycles. The van der Waals surface area contributed by atoms with Crippen LogP contribution in [0, 0.1) is 0 Å². The number of fused-ring (bicyclic) bond motifs is 1. The Bertz CT molecular complexity index is 1050. The fourth-order valence-electron chi connectivity index (χ4n) is 3.71. The summed E-state index contributed by atoms with van der Waals surface area (Å²) in [5.74, 6) is -0.977. The van der Waals surface area contributed by atoms with Crippen LogP contribution in [0.25, 0.3) is 0 Å². The molecule has 0 saturated carbocycles. The molecule has 8 nitrogen and oxygen atoms in total. The minimum atomic E-state index is -3.64. The molecule has 0 bridgehead atoms. The third-order valence-corrected chi connectivity index (χ3v) is 7.15. The predicted molar refractivity (Wildman–Crippen MR) is 106 cm³/mol. The van der Waals surface area contributed by atoms with Crippen LogP contribution in [0.2, 0.25) is 0 Å². The Kier molecular flexibility index (Phi) is 5.12. The first kappa shape index (κ1) is 19.6. The second kappa shape index (κ2) is 7.58. The van der Waals surface area contributed by atoms with Gasteiger partial charge in [0.25, 0.3) is 5.91 Å². The molecule has 2 aliphatic rings. The number of para-hydroxylation sites is 1. The van der Waals surface area contributed by atoms with Crippen molar-refractivity contribution >= 4 is 27.5 Å². The molecule has 1 saturated heterocycles. The van der Waals surface area contributed by atoms with E-state index in [-0.39, 0.29) is 10.5 Å². The average Bonchev–Trinajstić information content (AvgIpc) is 3.14. The number of rotatable bonds is 4. The highest BCUT2D eigenvalue weighted by atomic mass is 32.2. The number of hydrogen-bond acceptors (Lipinski definition) is 5. The zero-order chi connectivity index (χ0) is 20.6. The number of benzene rings is 2. The van der Waals surface area contributed by atoms with Gasteiger partial charge in [0.15, 0.2) is 0 Å². The molecule has 2 aromatic carbocycles. The lowest BCUT2D eigenvalue weighted by Gasteiger charge is -2.26. The molecule has 2 aromatic rings. The first-order valence-electron chi connectivity index (χ1n) is 9.28. The van der Waals surface area contributed by atoms with Crippen molar-refractivity contribution in [1.29, 1.82) is 0 Å². The van der Waals surface area contributed by atoms with Gasteiger partial charge in [-0.3, -0.25) is 14.5 Å². The number of ether oxygens (including phenoxy) is 1. The maximum atomic E-state index is 13.1. The van der Waals surface area contributed by atoms with E-state index >= 15 is 0 Å². The standard InChI is InChI=1S/C20H21N3O5S/c21-19(24)18-13-15-3-1-2-4-17(15)23(18)20(25)14-5-7-16(8-6-14)29(26,27)22-9-11-28-12-10-22/h1-8,18H,9-13H2,(H2,21,24)/t18-/m1/s1. The number of carbonyl (C=O) groups excluding carboxylic acids is 2. The molecule has 1 fully saturated rings. The number of anilines is 1. The number of nitrogens with zero attached hydrogens (tertiary/aromatic N) is 2. The number of morpholine rings is 1. The Balaban J connectivity index is 1.62. The SMILES string of the molecule is NC(=O)[C@H]1Cc2ccccc2N1C(=O)c1ccc(S(=O)(=O)N2CCOCC2)cc1. The summed E-state index contributed by atoms with van der Waals surface area (Å²) in [5, 5.41) is 0. The number of nitrogens with two attached hydrogens (primary N) is 1. The molecule has 2 heterocycles. The van der Waals surface area contributed by atoms with Gasteiger partial charge in [0.1, 0.15) is 6.04 Å². The molecule has 0 radical (unpaired) electrons.